The summed E-state index contributed by atoms with van der Waals surface area (Å²) in [5.74, 6) is 0.643. The first-order valence-corrected chi connectivity index (χ1v) is 11.7. The number of aliphatic hydroxyl groups excluding tert-OH is 3. The van der Waals surface area contributed by atoms with Gasteiger partial charge in [0.2, 0.25) is 0 Å². The van der Waals surface area contributed by atoms with Gasteiger partial charge >= 0.3 is 5.63 Å². The zero-order chi connectivity index (χ0) is 25.9. The van der Waals surface area contributed by atoms with Crippen LogP contribution in [0.15, 0.2) is 39.5 Å². The molecule has 0 aliphatic carbocycles. The molecule has 190 valence electrons. The number of rotatable bonds is 5. The van der Waals surface area contributed by atoms with Crippen LogP contribution in [-0.2, 0) is 11.2 Å². The van der Waals surface area contributed by atoms with Crippen molar-refractivity contribution in [2.75, 3.05) is 14.2 Å². The van der Waals surface area contributed by atoms with Gasteiger partial charge < -0.3 is 39.1 Å². The largest absolute Gasteiger partial charge is 0.507 e. The number of hydrogen-bond donors (Lipinski definition) is 4. The van der Waals surface area contributed by atoms with Gasteiger partial charge in [-0.1, -0.05) is 13.0 Å². The van der Waals surface area contributed by atoms with Gasteiger partial charge in [-0.15, -0.1) is 0 Å². The third-order valence-electron chi connectivity index (χ3n) is 6.99. The molecule has 9 nitrogen and oxygen atoms in total. The van der Waals surface area contributed by atoms with E-state index in [1.165, 1.54) is 33.3 Å². The zero-order valence-electron chi connectivity index (χ0n) is 20.3. The van der Waals surface area contributed by atoms with Crippen LogP contribution < -0.4 is 15.1 Å². The Morgan fingerprint density at radius 2 is 1.67 bits per heavy atom. The second kappa shape index (κ2) is 8.94. The Labute approximate surface area is 206 Å². The van der Waals surface area contributed by atoms with Crippen molar-refractivity contribution in [3.63, 3.8) is 0 Å². The second-order valence-corrected chi connectivity index (χ2v) is 9.09. The molecule has 5 rings (SSSR count). The molecule has 0 bridgehead atoms. The topological polar surface area (TPSA) is 139 Å². The molecule has 3 aromatic carbocycles. The van der Waals surface area contributed by atoms with Gasteiger partial charge in [0.1, 0.15) is 47.2 Å². The van der Waals surface area contributed by atoms with Crippen LogP contribution in [0, 0.1) is 0 Å². The molecule has 1 aromatic heterocycles. The number of phenols is 1. The molecule has 36 heavy (non-hydrogen) atoms. The van der Waals surface area contributed by atoms with Gasteiger partial charge in [-0.2, -0.15) is 0 Å². The lowest BCUT2D eigenvalue weighted by molar-refractivity contribution is -0.0586. The molecular formula is C27H28O9. The molecule has 0 spiro atoms. The lowest BCUT2D eigenvalue weighted by Crippen LogP contribution is -2.36. The Morgan fingerprint density at radius 1 is 0.972 bits per heavy atom. The summed E-state index contributed by atoms with van der Waals surface area (Å²) in [5.41, 5.74) is 0.801. The lowest BCUT2D eigenvalue weighted by atomic mass is 9.92. The van der Waals surface area contributed by atoms with E-state index in [1.54, 1.807) is 12.1 Å². The predicted octanol–water partition coefficient (Wildman–Crippen LogP) is 2.93. The Balaban J connectivity index is 1.95. The molecule has 0 radical (unpaired) electrons. The number of aromatic hydroxyl groups is 1. The molecule has 1 saturated heterocycles. The summed E-state index contributed by atoms with van der Waals surface area (Å²) >= 11 is 0. The molecule has 5 atom stereocenters. The van der Waals surface area contributed by atoms with Gasteiger partial charge in [-0.3, -0.25) is 0 Å². The third kappa shape index (κ3) is 3.50. The van der Waals surface area contributed by atoms with Crippen LogP contribution in [0.2, 0.25) is 0 Å². The number of aliphatic hydroxyl groups is 3. The number of benzene rings is 3. The summed E-state index contributed by atoms with van der Waals surface area (Å²) in [6.45, 7) is 3.43. The highest BCUT2D eigenvalue weighted by Gasteiger charge is 2.46. The van der Waals surface area contributed by atoms with E-state index in [9.17, 15) is 25.2 Å². The standard InChI is InChI=1S/C27H28O9/c1-5-12-8-15-19(17(9-12)33-3)14-10-18(34-4)21-16(29)7-6-13(20(21)25(14)36-27(15)32)26-23(31)22(30)24(35-26)11(2)28/h6-11,22-24,26,28-31H,5H2,1-4H3/t11-,22-,23-,24?,26-/m1/s1. The summed E-state index contributed by atoms with van der Waals surface area (Å²) in [5, 5.41) is 44.1. The molecular weight excluding hydrogens is 468 g/mol. The van der Waals surface area contributed by atoms with E-state index in [0.29, 0.717) is 39.6 Å². The molecule has 1 fully saturated rings. The summed E-state index contributed by atoms with van der Waals surface area (Å²) in [6, 6.07) is 8.23. The van der Waals surface area contributed by atoms with Gasteiger partial charge in [0.15, 0.2) is 0 Å². The van der Waals surface area contributed by atoms with Gasteiger partial charge in [-0.05, 0) is 48.7 Å². The Bertz CT molecular complexity index is 1540. The van der Waals surface area contributed by atoms with Crippen molar-refractivity contribution in [3.05, 3.63) is 51.9 Å². The van der Waals surface area contributed by atoms with Crippen molar-refractivity contribution in [3.8, 4) is 17.2 Å². The fourth-order valence-electron chi connectivity index (χ4n) is 5.18. The predicted molar refractivity (Wildman–Crippen MR) is 133 cm³/mol. The average Bonchev–Trinajstić information content (AvgIpc) is 3.17. The summed E-state index contributed by atoms with van der Waals surface area (Å²) in [4.78, 5) is 13.2. The maximum Gasteiger partial charge on any atom is 0.344 e. The summed E-state index contributed by atoms with van der Waals surface area (Å²) in [7, 11) is 2.97. The van der Waals surface area contributed by atoms with Crippen LogP contribution in [0.25, 0.3) is 32.5 Å². The van der Waals surface area contributed by atoms with Crippen LogP contribution in [-0.4, -0.2) is 59.1 Å². The molecule has 1 unspecified atom stereocenters. The summed E-state index contributed by atoms with van der Waals surface area (Å²) in [6.07, 6.45) is -5.21. The van der Waals surface area contributed by atoms with Gasteiger partial charge in [0.05, 0.1) is 31.1 Å². The van der Waals surface area contributed by atoms with Crippen molar-refractivity contribution in [2.24, 2.45) is 0 Å². The minimum atomic E-state index is -1.38. The number of aryl methyl sites for hydroxylation is 1. The van der Waals surface area contributed by atoms with E-state index >= 15 is 0 Å². The van der Waals surface area contributed by atoms with Crippen molar-refractivity contribution in [1.29, 1.82) is 0 Å². The van der Waals surface area contributed by atoms with Crippen LogP contribution in [0.1, 0.15) is 31.1 Å². The Hall–Kier alpha value is -3.37. The van der Waals surface area contributed by atoms with Crippen molar-refractivity contribution < 1.29 is 39.1 Å². The molecule has 4 N–H and O–H groups in total. The Kier molecular flexibility index (Phi) is 6.04. The number of fused-ring (bicyclic) bond motifs is 5. The van der Waals surface area contributed by atoms with Crippen LogP contribution >= 0.6 is 0 Å². The van der Waals surface area contributed by atoms with Crippen LogP contribution in [0.4, 0.5) is 0 Å². The molecule has 9 heteroatoms. The highest BCUT2D eigenvalue weighted by atomic mass is 16.6. The van der Waals surface area contributed by atoms with Crippen molar-refractivity contribution >= 4 is 32.5 Å². The maximum absolute atomic E-state index is 13.2. The van der Waals surface area contributed by atoms with Crippen molar-refractivity contribution in [1.82, 2.24) is 0 Å². The molecule has 1 aliphatic heterocycles. The fraction of sp³-hybridized carbons (Fsp3) is 0.370. The van der Waals surface area contributed by atoms with Crippen LogP contribution in [0.5, 0.6) is 17.2 Å². The normalized spacial score (nSPS) is 23.0. The van der Waals surface area contributed by atoms with Crippen LogP contribution in [0.3, 0.4) is 0 Å². The number of phenolic OH excluding ortho intramolecular Hbond substituents is 1. The first kappa shape index (κ1) is 24.3. The molecule has 1 aliphatic rings. The highest BCUT2D eigenvalue weighted by Crippen LogP contribution is 2.47. The fourth-order valence-corrected chi connectivity index (χ4v) is 5.18. The van der Waals surface area contributed by atoms with E-state index in [1.807, 2.05) is 13.0 Å². The number of hydrogen-bond acceptors (Lipinski definition) is 9. The minimum absolute atomic E-state index is 0.136. The monoisotopic (exact) mass is 496 g/mol. The Morgan fingerprint density at radius 3 is 2.28 bits per heavy atom. The number of ether oxygens (including phenoxy) is 3. The highest BCUT2D eigenvalue weighted by molar-refractivity contribution is 6.19. The van der Waals surface area contributed by atoms with E-state index in [-0.39, 0.29) is 22.1 Å². The van der Waals surface area contributed by atoms with Crippen molar-refractivity contribution in [2.45, 2.75) is 50.8 Å². The van der Waals surface area contributed by atoms with Gasteiger partial charge in [0, 0.05) is 16.2 Å². The van der Waals surface area contributed by atoms with Gasteiger partial charge in [-0.25, -0.2) is 4.79 Å². The quantitative estimate of drug-likeness (QED) is 0.243. The van der Waals surface area contributed by atoms with E-state index in [4.69, 9.17) is 18.6 Å². The van der Waals surface area contributed by atoms with E-state index in [0.717, 1.165) is 5.56 Å². The van der Waals surface area contributed by atoms with Gasteiger partial charge in [0.25, 0.3) is 0 Å². The first-order chi connectivity index (χ1) is 17.2. The maximum atomic E-state index is 13.2. The smallest absolute Gasteiger partial charge is 0.344 e. The van der Waals surface area contributed by atoms with E-state index in [2.05, 4.69) is 0 Å². The SMILES string of the molecule is CCc1cc(OC)c2c(c1)c(=O)oc1c2cc(OC)c2c(O)ccc([C@H]3OC([C@@H](C)O)[C@H](O)[C@H]3O)c21. The molecule has 2 heterocycles. The molecule has 0 amide bonds. The first-order valence-electron chi connectivity index (χ1n) is 11.7. The molecule has 4 aromatic rings. The summed E-state index contributed by atoms with van der Waals surface area (Å²) < 4.78 is 23.0. The average molecular weight is 497 g/mol. The molecule has 0 saturated carbocycles. The van der Waals surface area contributed by atoms with E-state index < -0.39 is 36.1 Å². The number of methoxy groups -OCH3 is 2. The third-order valence-corrected chi connectivity index (χ3v) is 6.99. The lowest BCUT2D eigenvalue weighted by Gasteiger charge is -2.20. The minimum Gasteiger partial charge on any atom is -0.507 e. The second-order valence-electron chi connectivity index (χ2n) is 9.09. The zero-order valence-corrected chi connectivity index (χ0v) is 20.3.